The van der Waals surface area contributed by atoms with Crippen LogP contribution in [-0.2, 0) is 4.74 Å². The largest absolute Gasteiger partial charge is 0.494 e. The number of carbonyl (C=O) groups excluding carboxylic acids is 1. The van der Waals surface area contributed by atoms with Gasteiger partial charge in [0.05, 0.1) is 25.0 Å². The van der Waals surface area contributed by atoms with E-state index in [1.54, 1.807) is 0 Å². The van der Waals surface area contributed by atoms with Crippen LogP contribution in [0, 0.1) is 13.8 Å². The van der Waals surface area contributed by atoms with Gasteiger partial charge < -0.3 is 14.8 Å². The van der Waals surface area contributed by atoms with E-state index in [1.165, 1.54) is 12.7 Å². The number of benzene rings is 2. The molecule has 0 aliphatic rings. The molecular formula is C19H22BrNO3. The molecule has 128 valence electrons. The van der Waals surface area contributed by atoms with E-state index < -0.39 is 0 Å². The van der Waals surface area contributed by atoms with Crippen LogP contribution in [0.25, 0.3) is 0 Å². The molecule has 0 heterocycles. The smallest absolute Gasteiger partial charge is 0.340 e. The summed E-state index contributed by atoms with van der Waals surface area (Å²) in [6.45, 7) is 5.28. The zero-order chi connectivity index (χ0) is 17.5. The molecule has 4 nitrogen and oxygen atoms in total. The predicted molar refractivity (Wildman–Crippen MR) is 100.0 cm³/mol. The average Bonchev–Trinajstić information content (AvgIpc) is 2.56. The topological polar surface area (TPSA) is 47.6 Å². The molecule has 0 spiro atoms. The van der Waals surface area contributed by atoms with Crippen molar-refractivity contribution in [3.63, 3.8) is 0 Å². The normalized spacial score (nSPS) is 10.3. The summed E-state index contributed by atoms with van der Waals surface area (Å²) in [6, 6.07) is 11.8. The van der Waals surface area contributed by atoms with Crippen molar-refractivity contribution in [3.8, 4) is 5.75 Å². The van der Waals surface area contributed by atoms with Crippen molar-refractivity contribution in [2.45, 2.75) is 20.3 Å². The number of rotatable bonds is 7. The quantitative estimate of drug-likeness (QED) is 0.547. The molecule has 0 aliphatic carbocycles. The first kappa shape index (κ1) is 18.3. The van der Waals surface area contributed by atoms with E-state index in [0.717, 1.165) is 27.9 Å². The summed E-state index contributed by atoms with van der Waals surface area (Å²) in [5, 5.41) is 3.29. The maximum atomic E-state index is 11.9. The molecule has 0 radical (unpaired) electrons. The van der Waals surface area contributed by atoms with Gasteiger partial charge >= 0.3 is 5.97 Å². The summed E-state index contributed by atoms with van der Waals surface area (Å²) in [4.78, 5) is 11.9. The van der Waals surface area contributed by atoms with Crippen molar-refractivity contribution >= 4 is 27.6 Å². The minimum absolute atomic E-state index is 0.349. The molecule has 0 fully saturated rings. The van der Waals surface area contributed by atoms with Crippen LogP contribution in [-0.4, -0.2) is 26.2 Å². The van der Waals surface area contributed by atoms with Gasteiger partial charge in [0, 0.05) is 11.0 Å². The van der Waals surface area contributed by atoms with E-state index in [0.29, 0.717) is 18.7 Å². The molecule has 0 unspecified atom stereocenters. The first-order valence-electron chi connectivity index (χ1n) is 7.83. The zero-order valence-electron chi connectivity index (χ0n) is 14.2. The van der Waals surface area contributed by atoms with Gasteiger partial charge in [-0.15, -0.1) is 0 Å². The Labute approximate surface area is 151 Å². The van der Waals surface area contributed by atoms with Crippen LogP contribution in [0.4, 0.5) is 5.69 Å². The highest BCUT2D eigenvalue weighted by Gasteiger charge is 2.15. The third-order valence-electron chi connectivity index (χ3n) is 3.55. The van der Waals surface area contributed by atoms with Gasteiger partial charge in [0.2, 0.25) is 0 Å². The van der Waals surface area contributed by atoms with E-state index in [-0.39, 0.29) is 5.97 Å². The number of carbonyl (C=O) groups is 1. The van der Waals surface area contributed by atoms with Gasteiger partial charge in [-0.25, -0.2) is 4.79 Å². The summed E-state index contributed by atoms with van der Waals surface area (Å²) in [5.74, 6) is 0.519. The maximum absolute atomic E-state index is 11.9. The number of nitrogens with one attached hydrogen (secondary N) is 1. The molecule has 2 aromatic rings. The highest BCUT2D eigenvalue weighted by molar-refractivity contribution is 9.10. The van der Waals surface area contributed by atoms with E-state index >= 15 is 0 Å². The van der Waals surface area contributed by atoms with Crippen molar-refractivity contribution in [2.75, 3.05) is 25.6 Å². The molecule has 0 saturated heterocycles. The van der Waals surface area contributed by atoms with Crippen molar-refractivity contribution < 1.29 is 14.3 Å². The van der Waals surface area contributed by atoms with E-state index in [4.69, 9.17) is 9.47 Å². The third kappa shape index (κ3) is 4.99. The molecule has 24 heavy (non-hydrogen) atoms. The third-order valence-corrected chi connectivity index (χ3v) is 4.18. The number of methoxy groups -OCH3 is 1. The standard InChI is InChI=1S/C19H22BrNO3/c1-13-5-7-15(8-6-13)24-10-4-9-21-18-16(19(22)23-3)11-14(2)12-17(18)20/h5-8,11-12,21H,4,9-10H2,1-3H3. The van der Waals surface area contributed by atoms with Crippen LogP contribution in [0.3, 0.4) is 0 Å². The van der Waals surface area contributed by atoms with Gasteiger partial charge in [-0.3, -0.25) is 0 Å². The summed E-state index contributed by atoms with van der Waals surface area (Å²) < 4.78 is 11.4. The van der Waals surface area contributed by atoms with Crippen LogP contribution in [0.1, 0.15) is 27.9 Å². The Morgan fingerprint density at radius 3 is 2.50 bits per heavy atom. The Morgan fingerprint density at radius 1 is 1.12 bits per heavy atom. The second kappa shape index (κ2) is 8.73. The van der Waals surface area contributed by atoms with Gasteiger partial charge in [0.1, 0.15) is 5.75 Å². The van der Waals surface area contributed by atoms with Crippen molar-refractivity contribution in [3.05, 3.63) is 57.6 Å². The lowest BCUT2D eigenvalue weighted by molar-refractivity contribution is 0.0601. The first-order valence-corrected chi connectivity index (χ1v) is 8.62. The van der Waals surface area contributed by atoms with Gasteiger partial charge in [-0.2, -0.15) is 0 Å². The summed E-state index contributed by atoms with van der Waals surface area (Å²) >= 11 is 3.51. The molecule has 0 aliphatic heterocycles. The molecule has 2 aromatic carbocycles. The molecule has 5 heteroatoms. The SMILES string of the molecule is COC(=O)c1cc(C)cc(Br)c1NCCCOc1ccc(C)cc1. The molecule has 0 bridgehead atoms. The lowest BCUT2D eigenvalue weighted by atomic mass is 10.1. The van der Waals surface area contributed by atoms with Crippen molar-refractivity contribution in [1.29, 1.82) is 0 Å². The number of anilines is 1. The highest BCUT2D eigenvalue weighted by atomic mass is 79.9. The van der Waals surface area contributed by atoms with Crippen molar-refractivity contribution in [1.82, 2.24) is 0 Å². The molecule has 2 rings (SSSR count). The summed E-state index contributed by atoms with van der Waals surface area (Å²) in [5.41, 5.74) is 3.49. The van der Waals surface area contributed by atoms with Crippen LogP contribution in [0.15, 0.2) is 40.9 Å². The molecule has 0 atom stereocenters. The number of ether oxygens (including phenoxy) is 2. The second-order valence-corrected chi connectivity index (χ2v) is 6.46. The fourth-order valence-corrected chi connectivity index (χ4v) is 3.02. The second-order valence-electron chi connectivity index (χ2n) is 5.60. The Hall–Kier alpha value is -2.01. The molecule has 0 saturated carbocycles. The fraction of sp³-hybridized carbons (Fsp3) is 0.316. The Bertz CT molecular complexity index is 699. The van der Waals surface area contributed by atoms with Crippen LogP contribution < -0.4 is 10.1 Å². The number of hydrogen-bond donors (Lipinski definition) is 1. The van der Waals surface area contributed by atoms with Gasteiger partial charge in [0.15, 0.2) is 0 Å². The maximum Gasteiger partial charge on any atom is 0.340 e. The van der Waals surface area contributed by atoms with Crippen molar-refractivity contribution in [2.24, 2.45) is 0 Å². The van der Waals surface area contributed by atoms with E-state index in [2.05, 4.69) is 21.2 Å². The highest BCUT2D eigenvalue weighted by Crippen LogP contribution is 2.29. The Kier molecular flexibility index (Phi) is 6.67. The van der Waals surface area contributed by atoms with Gasteiger partial charge in [-0.05, 0) is 66.0 Å². The monoisotopic (exact) mass is 391 g/mol. The van der Waals surface area contributed by atoms with Crippen LogP contribution in [0.5, 0.6) is 5.75 Å². The molecule has 0 aromatic heterocycles. The fourth-order valence-electron chi connectivity index (χ4n) is 2.30. The molecular weight excluding hydrogens is 370 g/mol. The van der Waals surface area contributed by atoms with Gasteiger partial charge in [0.25, 0.3) is 0 Å². The summed E-state index contributed by atoms with van der Waals surface area (Å²) in [7, 11) is 1.39. The average molecular weight is 392 g/mol. The Balaban J connectivity index is 1.90. The predicted octanol–water partition coefficient (Wildman–Crippen LogP) is 4.73. The number of hydrogen-bond acceptors (Lipinski definition) is 4. The minimum atomic E-state index is -0.349. The molecule has 0 amide bonds. The molecule has 1 N–H and O–H groups in total. The summed E-state index contributed by atoms with van der Waals surface area (Å²) in [6.07, 6.45) is 0.814. The number of esters is 1. The first-order chi connectivity index (χ1) is 11.5. The number of halogens is 1. The van der Waals surface area contributed by atoms with Crippen LogP contribution in [0.2, 0.25) is 0 Å². The Morgan fingerprint density at radius 2 is 1.83 bits per heavy atom. The van der Waals surface area contributed by atoms with E-state index in [1.807, 2.05) is 50.2 Å². The lowest BCUT2D eigenvalue weighted by Crippen LogP contribution is -2.12. The van der Waals surface area contributed by atoms with Gasteiger partial charge in [-0.1, -0.05) is 17.7 Å². The van der Waals surface area contributed by atoms with E-state index in [9.17, 15) is 4.79 Å². The minimum Gasteiger partial charge on any atom is -0.494 e. The van der Waals surface area contributed by atoms with Crippen LogP contribution >= 0.6 is 15.9 Å². The zero-order valence-corrected chi connectivity index (χ0v) is 15.8. The number of aryl methyl sites for hydroxylation is 2. The lowest BCUT2D eigenvalue weighted by Gasteiger charge is -2.14.